The van der Waals surface area contributed by atoms with E-state index in [1.165, 1.54) is 12.8 Å². The minimum atomic E-state index is 0.780. The molecule has 0 aromatic carbocycles. The Morgan fingerprint density at radius 1 is 1.64 bits per heavy atom. The maximum Gasteiger partial charge on any atom is -0.0222 e. The Labute approximate surface area is 72.3 Å². The first kappa shape index (κ1) is 8.05. The first-order valence-corrected chi connectivity index (χ1v) is 5.53. The van der Waals surface area contributed by atoms with Crippen LogP contribution in [0.15, 0.2) is 0 Å². The van der Waals surface area contributed by atoms with Crippen LogP contribution in [-0.4, -0.2) is 5.66 Å². The van der Waals surface area contributed by atoms with Crippen LogP contribution in [0.4, 0.5) is 0 Å². The minimum absolute atomic E-state index is 0.780. The summed E-state index contributed by atoms with van der Waals surface area (Å²) in [7, 11) is 3.01. The predicted octanol–water partition coefficient (Wildman–Crippen LogP) is 2.93. The quantitative estimate of drug-likeness (QED) is 0.559. The van der Waals surface area contributed by atoms with Gasteiger partial charge in [0.2, 0.25) is 0 Å². The van der Waals surface area contributed by atoms with Gasteiger partial charge in [0.25, 0.3) is 0 Å². The first-order chi connectivity index (χ1) is 5.11. The van der Waals surface area contributed by atoms with E-state index in [1.54, 1.807) is 0 Å². The van der Waals surface area contributed by atoms with E-state index in [9.17, 15) is 0 Å². The summed E-state index contributed by atoms with van der Waals surface area (Å²) in [6, 6.07) is 0. The van der Waals surface area contributed by atoms with Crippen molar-refractivity contribution in [2.75, 3.05) is 0 Å². The third-order valence-electron chi connectivity index (χ3n) is 4.19. The van der Waals surface area contributed by atoms with Gasteiger partial charge in [-0.3, -0.25) is 0 Å². The molecule has 2 rings (SSSR count). The van der Waals surface area contributed by atoms with Crippen molar-refractivity contribution < 1.29 is 0 Å². The molecule has 0 radical (unpaired) electrons. The van der Waals surface area contributed by atoms with Crippen LogP contribution >= 0.6 is 9.24 Å². The molecule has 6 atom stereocenters. The molecule has 0 amide bonds. The third kappa shape index (κ3) is 0.856. The monoisotopic (exact) mass is 170 g/mol. The molecule has 0 aromatic rings. The van der Waals surface area contributed by atoms with Crippen molar-refractivity contribution in [2.45, 2.75) is 39.3 Å². The van der Waals surface area contributed by atoms with Crippen LogP contribution in [0.2, 0.25) is 0 Å². The van der Waals surface area contributed by atoms with Crippen molar-refractivity contribution in [3.8, 4) is 0 Å². The van der Waals surface area contributed by atoms with Gasteiger partial charge in [0, 0.05) is 0 Å². The van der Waals surface area contributed by atoms with Crippen LogP contribution < -0.4 is 0 Å². The van der Waals surface area contributed by atoms with Crippen molar-refractivity contribution in [3.05, 3.63) is 0 Å². The summed E-state index contributed by atoms with van der Waals surface area (Å²) in [5.74, 6) is 3.10. The lowest BCUT2D eigenvalue weighted by Crippen LogP contribution is -2.22. The zero-order chi connectivity index (χ0) is 8.22. The largest absolute Gasteiger partial charge is 0.134 e. The van der Waals surface area contributed by atoms with Gasteiger partial charge in [0.15, 0.2) is 0 Å². The molecule has 0 saturated heterocycles. The molecular weight excluding hydrogens is 151 g/mol. The minimum Gasteiger partial charge on any atom is -0.134 e. The van der Waals surface area contributed by atoms with Crippen molar-refractivity contribution >= 4 is 9.24 Å². The molecule has 11 heavy (non-hydrogen) atoms. The molecular formula is C10H19P. The highest BCUT2D eigenvalue weighted by atomic mass is 31.0. The average molecular weight is 170 g/mol. The number of rotatable bonds is 2. The van der Waals surface area contributed by atoms with Gasteiger partial charge < -0.3 is 0 Å². The summed E-state index contributed by atoms with van der Waals surface area (Å²) in [5, 5.41) is 0. The van der Waals surface area contributed by atoms with Crippen molar-refractivity contribution in [1.29, 1.82) is 0 Å². The Morgan fingerprint density at radius 3 is 2.55 bits per heavy atom. The van der Waals surface area contributed by atoms with E-state index >= 15 is 0 Å². The van der Waals surface area contributed by atoms with Crippen molar-refractivity contribution in [1.82, 2.24) is 0 Å². The summed E-state index contributed by atoms with van der Waals surface area (Å²) in [5.41, 5.74) is 1.74. The molecule has 0 aromatic heterocycles. The number of hydrogen-bond acceptors (Lipinski definition) is 0. The molecule has 64 valence electrons. The smallest absolute Gasteiger partial charge is 0.0222 e. The number of fused-ring (bicyclic) bond motifs is 1. The van der Waals surface area contributed by atoms with Gasteiger partial charge in [-0.25, -0.2) is 0 Å². The highest BCUT2D eigenvalue weighted by molar-refractivity contribution is 7.17. The van der Waals surface area contributed by atoms with Gasteiger partial charge in [-0.15, -0.1) is 9.24 Å². The number of hydrogen-bond donors (Lipinski definition) is 0. The van der Waals surface area contributed by atoms with Crippen LogP contribution in [0, 0.1) is 23.2 Å². The van der Waals surface area contributed by atoms with Gasteiger partial charge in [-0.2, -0.15) is 0 Å². The molecule has 6 unspecified atom stereocenters. The van der Waals surface area contributed by atoms with E-state index in [0.29, 0.717) is 0 Å². The van der Waals surface area contributed by atoms with Gasteiger partial charge in [0.05, 0.1) is 0 Å². The molecule has 0 aliphatic heterocycles. The van der Waals surface area contributed by atoms with E-state index in [1.807, 2.05) is 0 Å². The van der Waals surface area contributed by atoms with Crippen molar-refractivity contribution in [2.24, 2.45) is 23.2 Å². The maximum absolute atomic E-state index is 3.01. The summed E-state index contributed by atoms with van der Waals surface area (Å²) in [4.78, 5) is 0. The van der Waals surface area contributed by atoms with Crippen LogP contribution in [0.3, 0.4) is 0 Å². The zero-order valence-electron chi connectivity index (χ0n) is 7.80. The molecule has 0 heterocycles. The summed E-state index contributed by atoms with van der Waals surface area (Å²) >= 11 is 0. The highest BCUT2D eigenvalue weighted by Crippen LogP contribution is 2.76. The first-order valence-electron chi connectivity index (χ1n) is 4.87. The Bertz CT molecular complexity index is 178. The standard InChI is InChI=1S/C10H19P/c1-4-6(2)8-9-7(11)5-10(8,9)3/h6-9H,4-5,11H2,1-3H3. The highest BCUT2D eigenvalue weighted by Gasteiger charge is 2.71. The lowest BCUT2D eigenvalue weighted by Gasteiger charge is -2.27. The molecule has 0 N–H and O–H groups in total. The normalized spacial score (nSPS) is 56.2. The average Bonchev–Trinajstić information content (AvgIpc) is 2.47. The second-order valence-electron chi connectivity index (χ2n) is 4.81. The Hall–Kier alpha value is 0.430. The topological polar surface area (TPSA) is 0 Å². The van der Waals surface area contributed by atoms with Gasteiger partial charge in [-0.1, -0.05) is 27.2 Å². The van der Waals surface area contributed by atoms with Crippen molar-refractivity contribution in [3.63, 3.8) is 0 Å². The lowest BCUT2D eigenvalue weighted by molar-refractivity contribution is 0.321. The maximum atomic E-state index is 3.01. The van der Waals surface area contributed by atoms with E-state index < -0.39 is 0 Å². The molecule has 0 bridgehead atoms. The molecule has 1 heteroatoms. The SMILES string of the molecule is CCC(C)C1C2C(P)CC12C. The van der Waals surface area contributed by atoms with E-state index in [0.717, 1.165) is 28.8 Å². The van der Waals surface area contributed by atoms with Crippen LogP contribution in [0.1, 0.15) is 33.6 Å². The van der Waals surface area contributed by atoms with Crippen LogP contribution in [0.25, 0.3) is 0 Å². The van der Waals surface area contributed by atoms with Gasteiger partial charge in [0.1, 0.15) is 0 Å². The summed E-state index contributed by atoms with van der Waals surface area (Å²) in [6.07, 6.45) is 2.84. The van der Waals surface area contributed by atoms with Gasteiger partial charge in [-0.05, 0) is 35.2 Å². The second-order valence-corrected chi connectivity index (χ2v) is 5.67. The van der Waals surface area contributed by atoms with Crippen LogP contribution in [-0.2, 0) is 0 Å². The summed E-state index contributed by atoms with van der Waals surface area (Å²) < 4.78 is 0. The molecule has 0 spiro atoms. The van der Waals surface area contributed by atoms with E-state index in [-0.39, 0.29) is 0 Å². The zero-order valence-corrected chi connectivity index (χ0v) is 8.96. The predicted molar refractivity (Wildman–Crippen MR) is 52.7 cm³/mol. The van der Waals surface area contributed by atoms with Gasteiger partial charge >= 0.3 is 0 Å². The Morgan fingerprint density at radius 2 is 2.27 bits per heavy atom. The fourth-order valence-electron chi connectivity index (χ4n) is 3.40. The Kier molecular flexibility index (Phi) is 1.63. The molecule has 2 aliphatic rings. The molecule has 2 fully saturated rings. The Balaban J connectivity index is 2.01. The fraction of sp³-hybridized carbons (Fsp3) is 1.00. The molecule has 2 saturated carbocycles. The van der Waals surface area contributed by atoms with E-state index in [2.05, 4.69) is 30.0 Å². The fourth-order valence-corrected chi connectivity index (χ4v) is 4.58. The van der Waals surface area contributed by atoms with E-state index in [4.69, 9.17) is 0 Å². The third-order valence-corrected chi connectivity index (χ3v) is 4.84. The lowest BCUT2D eigenvalue weighted by atomic mass is 9.85. The molecule has 0 nitrogen and oxygen atoms in total. The second kappa shape index (κ2) is 2.22. The molecule has 2 aliphatic carbocycles. The summed E-state index contributed by atoms with van der Waals surface area (Å²) in [6.45, 7) is 7.23. The van der Waals surface area contributed by atoms with Crippen LogP contribution in [0.5, 0.6) is 0 Å².